The number of nitrogens with zero attached hydrogens (tertiary/aromatic N) is 1. The van der Waals surface area contributed by atoms with Crippen molar-refractivity contribution < 1.29 is 18.8 Å². The second-order valence-corrected chi connectivity index (χ2v) is 6.22. The number of thiol groups is 1. The molecule has 5 nitrogen and oxygen atoms in total. The van der Waals surface area contributed by atoms with E-state index in [1.54, 1.807) is 0 Å². The summed E-state index contributed by atoms with van der Waals surface area (Å²) in [6, 6.07) is 3.82. The molecule has 1 rings (SSSR count). The number of rotatable bonds is 2. The molecule has 0 saturated carbocycles. The number of carbonyl (C=O) groups is 1. The molecule has 0 aromatic heterocycles. The number of hydrogen-bond donors (Lipinski definition) is 4. The van der Waals surface area contributed by atoms with Gasteiger partial charge in [0.05, 0.1) is 0 Å². The third kappa shape index (κ3) is 3.95. The number of amides is 1. The zero-order chi connectivity index (χ0) is 12.3. The molecule has 4 N–H and O–H groups in total. The lowest BCUT2D eigenvalue weighted by atomic mass is 10.2. The fourth-order valence-electron chi connectivity index (χ4n) is 1.33. The molecule has 0 spiro atoms. The summed E-state index contributed by atoms with van der Waals surface area (Å²) in [5.74, 6) is -0.535. The zero-order valence-electron chi connectivity index (χ0n) is 8.59. The summed E-state index contributed by atoms with van der Waals surface area (Å²) in [6.07, 6.45) is -0.0925. The van der Waals surface area contributed by atoms with E-state index in [4.69, 9.17) is 10.8 Å². The lowest BCUT2D eigenvalue weighted by Crippen LogP contribution is -2.13. The van der Waals surface area contributed by atoms with Crippen LogP contribution in [0.1, 0.15) is 5.56 Å². The number of anilines is 1. The normalized spacial score (nSPS) is 12.2. The van der Waals surface area contributed by atoms with E-state index in [2.05, 4.69) is 4.36 Å². The van der Waals surface area contributed by atoms with Gasteiger partial charge in [-0.25, -0.2) is 9.18 Å². The average Bonchev–Trinajstić information content (AvgIpc) is 1.95. The minimum atomic E-state index is -2.96. The summed E-state index contributed by atoms with van der Waals surface area (Å²) < 4.78 is 25.9. The maximum absolute atomic E-state index is 13.0. The van der Waals surface area contributed by atoms with Crippen LogP contribution in [0.3, 0.4) is 0 Å². The van der Waals surface area contributed by atoms with Crippen LogP contribution in [0.4, 0.5) is 14.9 Å². The van der Waals surface area contributed by atoms with Gasteiger partial charge >= 0.3 is 6.09 Å². The summed E-state index contributed by atoms with van der Waals surface area (Å²) in [6.45, 7) is 0. The van der Waals surface area contributed by atoms with Crippen LogP contribution in [0.2, 0.25) is 0 Å². The van der Waals surface area contributed by atoms with Crippen molar-refractivity contribution in [2.45, 2.75) is 5.75 Å². The standard InChI is InChI=1S/C9H13FN2O3S/c1-16(15,12-9(13)14)5-6-2-7(10)4-8(11)3-6/h2-4,16H,5,11H2,1H3,(H,12,15)(H,13,14). The van der Waals surface area contributed by atoms with Crippen molar-refractivity contribution in [1.29, 1.82) is 0 Å². The molecule has 0 radical (unpaired) electrons. The molecule has 0 aliphatic carbocycles. The third-order valence-corrected chi connectivity index (χ3v) is 3.33. The molecule has 0 saturated heterocycles. The number of halogens is 1. The molecule has 0 aliphatic rings. The molecular formula is C9H13FN2O3S. The van der Waals surface area contributed by atoms with Crippen LogP contribution in [0.15, 0.2) is 22.6 Å². The first-order valence-corrected chi connectivity index (χ1v) is 6.70. The molecule has 0 bridgehead atoms. The predicted molar refractivity (Wildman–Crippen MR) is 62.3 cm³/mol. The molecule has 1 aromatic carbocycles. The first-order valence-electron chi connectivity index (χ1n) is 4.38. The van der Waals surface area contributed by atoms with Gasteiger partial charge in [0.1, 0.15) is 5.82 Å². The Labute approximate surface area is 93.0 Å². The summed E-state index contributed by atoms with van der Waals surface area (Å²) in [4.78, 5) is 10.3. The van der Waals surface area contributed by atoms with Crippen LogP contribution in [0, 0.1) is 5.82 Å². The number of nitrogen functional groups attached to an aromatic ring is 1. The highest BCUT2D eigenvalue weighted by atomic mass is 32.3. The highest BCUT2D eigenvalue weighted by molar-refractivity contribution is 7.98. The van der Waals surface area contributed by atoms with Gasteiger partial charge in [0, 0.05) is 11.4 Å². The van der Waals surface area contributed by atoms with Gasteiger partial charge in [-0.2, -0.15) is 4.36 Å². The summed E-state index contributed by atoms with van der Waals surface area (Å²) in [5, 5.41) is 8.44. The monoisotopic (exact) mass is 248 g/mol. The number of carboxylic acid groups (broad SMARTS) is 1. The summed E-state index contributed by atoms with van der Waals surface area (Å²) >= 11 is 0. The van der Waals surface area contributed by atoms with Crippen LogP contribution < -0.4 is 5.73 Å². The molecular weight excluding hydrogens is 235 g/mol. The molecule has 16 heavy (non-hydrogen) atoms. The van der Waals surface area contributed by atoms with Gasteiger partial charge in [-0.3, -0.25) is 0 Å². The second-order valence-electron chi connectivity index (χ2n) is 3.52. The maximum Gasteiger partial charge on any atom is 0.437 e. The highest BCUT2D eigenvalue weighted by Crippen LogP contribution is 2.16. The van der Waals surface area contributed by atoms with Crippen molar-refractivity contribution in [2.75, 3.05) is 12.0 Å². The first-order chi connectivity index (χ1) is 7.28. The van der Waals surface area contributed by atoms with Crippen molar-refractivity contribution in [3.05, 3.63) is 29.6 Å². The minimum Gasteiger partial charge on any atom is -0.463 e. The van der Waals surface area contributed by atoms with Gasteiger partial charge in [-0.1, -0.05) is 10.1 Å². The fourth-order valence-corrected chi connectivity index (χ4v) is 2.65. The largest absolute Gasteiger partial charge is 0.463 e. The van der Waals surface area contributed by atoms with Crippen LogP contribution in [-0.4, -0.2) is 22.0 Å². The van der Waals surface area contributed by atoms with Gasteiger partial charge in [-0.15, -0.1) is 0 Å². The summed E-state index contributed by atoms with van der Waals surface area (Å²) in [7, 11) is -2.96. The van der Waals surface area contributed by atoms with Gasteiger partial charge < -0.3 is 15.4 Å². The minimum absolute atomic E-state index is 0.0126. The van der Waals surface area contributed by atoms with E-state index >= 15 is 0 Å². The Morgan fingerprint density at radius 3 is 2.69 bits per heavy atom. The average molecular weight is 248 g/mol. The van der Waals surface area contributed by atoms with Crippen molar-refractivity contribution >= 4 is 21.9 Å². The van der Waals surface area contributed by atoms with Gasteiger partial charge in [0.25, 0.3) is 0 Å². The third-order valence-electron chi connectivity index (χ3n) is 1.76. The Kier molecular flexibility index (Phi) is 3.61. The summed E-state index contributed by atoms with van der Waals surface area (Å²) in [5.41, 5.74) is 6.08. The van der Waals surface area contributed by atoms with Crippen LogP contribution in [0.25, 0.3) is 0 Å². The van der Waals surface area contributed by atoms with Crippen LogP contribution in [0.5, 0.6) is 0 Å². The highest BCUT2D eigenvalue weighted by Gasteiger charge is 2.08. The Morgan fingerprint density at radius 1 is 1.56 bits per heavy atom. The Balaban J connectivity index is 3.00. The number of hydrogen-bond acceptors (Lipinski definition) is 2. The SMILES string of the molecule is C[SH](O)(Cc1cc(N)cc(F)c1)=NC(=O)O. The van der Waals surface area contributed by atoms with E-state index < -0.39 is 22.0 Å². The smallest absolute Gasteiger partial charge is 0.437 e. The van der Waals surface area contributed by atoms with Crippen molar-refractivity contribution in [2.24, 2.45) is 4.36 Å². The number of benzene rings is 1. The van der Waals surface area contributed by atoms with E-state index in [0.717, 1.165) is 6.07 Å². The molecule has 0 heterocycles. The first kappa shape index (κ1) is 12.6. The molecule has 7 heteroatoms. The molecule has 1 amide bonds. The molecule has 0 atom stereocenters. The van der Waals surface area contributed by atoms with Crippen molar-refractivity contribution in [3.63, 3.8) is 0 Å². The second kappa shape index (κ2) is 4.58. The van der Waals surface area contributed by atoms with Gasteiger partial charge in [0.2, 0.25) is 0 Å². The molecule has 1 aromatic rings. The predicted octanol–water partition coefficient (Wildman–Crippen LogP) is 1.76. The van der Waals surface area contributed by atoms with E-state index in [9.17, 15) is 13.7 Å². The molecule has 0 fully saturated rings. The van der Waals surface area contributed by atoms with Crippen LogP contribution >= 0.6 is 0 Å². The molecule has 0 aliphatic heterocycles. The molecule has 90 valence electrons. The lowest BCUT2D eigenvalue weighted by molar-refractivity contribution is 0.206. The maximum atomic E-state index is 13.0. The van der Waals surface area contributed by atoms with E-state index in [-0.39, 0.29) is 11.4 Å². The Bertz CT molecular complexity index is 450. The topological polar surface area (TPSA) is 95.9 Å². The number of nitrogens with two attached hydrogens (primary N) is 1. The van der Waals surface area contributed by atoms with E-state index in [1.165, 1.54) is 18.4 Å². The molecule has 0 unspecified atom stereocenters. The van der Waals surface area contributed by atoms with Gasteiger partial charge in [-0.05, 0) is 30.0 Å². The zero-order valence-corrected chi connectivity index (χ0v) is 9.49. The van der Waals surface area contributed by atoms with Crippen molar-refractivity contribution in [1.82, 2.24) is 0 Å². The van der Waals surface area contributed by atoms with E-state index in [0.29, 0.717) is 5.56 Å². The van der Waals surface area contributed by atoms with E-state index in [1.807, 2.05) is 0 Å². The Hall–Kier alpha value is -1.47. The van der Waals surface area contributed by atoms with Crippen molar-refractivity contribution in [3.8, 4) is 0 Å². The quantitative estimate of drug-likeness (QED) is 0.473. The Morgan fingerprint density at radius 2 is 2.19 bits per heavy atom. The fraction of sp³-hybridized carbons (Fsp3) is 0.222. The lowest BCUT2D eigenvalue weighted by Gasteiger charge is -2.16. The van der Waals surface area contributed by atoms with Gasteiger partial charge in [0.15, 0.2) is 0 Å². The van der Waals surface area contributed by atoms with Crippen LogP contribution in [-0.2, 0) is 15.9 Å².